The van der Waals surface area contributed by atoms with Crippen LogP contribution in [-0.2, 0) is 13.0 Å². The molecule has 0 aliphatic heterocycles. The van der Waals surface area contributed by atoms with Crippen LogP contribution in [0.25, 0.3) is 0 Å². The number of nitrogens with one attached hydrogen (secondary N) is 1. The van der Waals surface area contributed by atoms with Crippen LogP contribution >= 0.6 is 0 Å². The van der Waals surface area contributed by atoms with Gasteiger partial charge in [0, 0.05) is 19.1 Å². The Bertz CT molecular complexity index is 365. The first kappa shape index (κ1) is 13.3. The lowest BCUT2D eigenvalue weighted by atomic mass is 10.1. The molecule has 0 spiro atoms. The Morgan fingerprint density at radius 1 is 1.28 bits per heavy atom. The van der Waals surface area contributed by atoms with Crippen molar-refractivity contribution in [3.8, 4) is 0 Å². The highest BCUT2D eigenvalue weighted by molar-refractivity contribution is 5.23. The Hall–Kier alpha value is -1.12. The fourth-order valence-corrected chi connectivity index (χ4v) is 2.26. The zero-order valence-corrected chi connectivity index (χ0v) is 11.4. The summed E-state index contributed by atoms with van der Waals surface area (Å²) in [5.41, 5.74) is 2.83. The summed E-state index contributed by atoms with van der Waals surface area (Å²) in [6, 6.07) is 9.84. The van der Waals surface area contributed by atoms with Gasteiger partial charge in [0.1, 0.15) is 0 Å². The number of likely N-dealkylation sites (N-methyl/N-ethyl adjacent to an activating group) is 1. The molecule has 1 aromatic rings. The van der Waals surface area contributed by atoms with E-state index in [-0.39, 0.29) is 0 Å². The number of benzene rings is 1. The fourth-order valence-electron chi connectivity index (χ4n) is 2.26. The van der Waals surface area contributed by atoms with E-state index in [2.05, 4.69) is 41.1 Å². The molecule has 18 heavy (non-hydrogen) atoms. The van der Waals surface area contributed by atoms with E-state index in [0.717, 1.165) is 32.1 Å². The van der Waals surface area contributed by atoms with Crippen LogP contribution in [0.15, 0.2) is 36.9 Å². The van der Waals surface area contributed by atoms with Crippen LogP contribution in [0, 0.1) is 0 Å². The van der Waals surface area contributed by atoms with Crippen molar-refractivity contribution in [1.82, 2.24) is 10.2 Å². The second-order valence-electron chi connectivity index (χ2n) is 5.12. The van der Waals surface area contributed by atoms with E-state index in [4.69, 9.17) is 0 Å². The maximum atomic E-state index is 3.85. The number of nitrogens with zero attached hydrogens (tertiary/aromatic N) is 1. The van der Waals surface area contributed by atoms with Crippen LogP contribution in [0.2, 0.25) is 0 Å². The monoisotopic (exact) mass is 244 g/mol. The van der Waals surface area contributed by atoms with E-state index >= 15 is 0 Å². The Morgan fingerprint density at radius 3 is 2.50 bits per heavy atom. The van der Waals surface area contributed by atoms with Gasteiger partial charge in [-0.25, -0.2) is 0 Å². The van der Waals surface area contributed by atoms with Crippen molar-refractivity contribution in [3.63, 3.8) is 0 Å². The molecule has 1 N–H and O–H groups in total. The first-order chi connectivity index (χ1) is 8.83. The molecule has 0 atom stereocenters. The zero-order chi connectivity index (χ0) is 12.8. The average Bonchev–Trinajstić information content (AvgIpc) is 3.22. The highest BCUT2D eigenvalue weighted by Gasteiger charge is 2.27. The van der Waals surface area contributed by atoms with Crippen LogP contribution in [0.5, 0.6) is 0 Å². The Kier molecular flexibility index (Phi) is 4.97. The molecule has 1 saturated carbocycles. The molecule has 2 heteroatoms. The van der Waals surface area contributed by atoms with Gasteiger partial charge in [-0.3, -0.25) is 4.90 Å². The van der Waals surface area contributed by atoms with Gasteiger partial charge in [0.05, 0.1) is 0 Å². The van der Waals surface area contributed by atoms with Crippen LogP contribution in [-0.4, -0.2) is 31.1 Å². The standard InChI is InChI=1S/C16H24N2/c1-3-12-18(16-8-9-16)13-15-6-4-14(5-7-15)10-11-17-2/h3-7,16-17H,1,8-13H2,2H3. The molecule has 0 bridgehead atoms. The molecule has 0 amide bonds. The molecule has 2 rings (SSSR count). The zero-order valence-electron chi connectivity index (χ0n) is 11.4. The van der Waals surface area contributed by atoms with Crippen molar-refractivity contribution in [2.75, 3.05) is 20.1 Å². The number of hydrogen-bond acceptors (Lipinski definition) is 2. The molecule has 0 saturated heterocycles. The van der Waals surface area contributed by atoms with E-state index < -0.39 is 0 Å². The third kappa shape index (κ3) is 3.97. The van der Waals surface area contributed by atoms with Gasteiger partial charge in [-0.05, 0) is 44.0 Å². The third-order valence-corrected chi connectivity index (χ3v) is 3.50. The van der Waals surface area contributed by atoms with E-state index in [9.17, 15) is 0 Å². The molecule has 0 radical (unpaired) electrons. The topological polar surface area (TPSA) is 15.3 Å². The predicted molar refractivity (Wildman–Crippen MR) is 77.7 cm³/mol. The molecule has 2 nitrogen and oxygen atoms in total. The van der Waals surface area contributed by atoms with Crippen molar-refractivity contribution in [2.45, 2.75) is 31.8 Å². The maximum absolute atomic E-state index is 3.85. The summed E-state index contributed by atoms with van der Waals surface area (Å²) >= 11 is 0. The summed E-state index contributed by atoms with van der Waals surface area (Å²) in [6.07, 6.45) is 5.83. The van der Waals surface area contributed by atoms with Crippen LogP contribution in [0.4, 0.5) is 0 Å². The fraction of sp³-hybridized carbons (Fsp3) is 0.500. The minimum atomic E-state index is 0.798. The summed E-state index contributed by atoms with van der Waals surface area (Å²) in [6.45, 7) is 6.96. The Balaban J connectivity index is 1.89. The third-order valence-electron chi connectivity index (χ3n) is 3.50. The summed E-state index contributed by atoms with van der Waals surface area (Å²) in [4.78, 5) is 2.52. The van der Waals surface area contributed by atoms with Crippen molar-refractivity contribution in [2.24, 2.45) is 0 Å². The van der Waals surface area contributed by atoms with Gasteiger partial charge in [0.2, 0.25) is 0 Å². The van der Waals surface area contributed by atoms with Gasteiger partial charge in [0.15, 0.2) is 0 Å². The maximum Gasteiger partial charge on any atom is 0.0239 e. The lowest BCUT2D eigenvalue weighted by molar-refractivity contribution is 0.284. The first-order valence-electron chi connectivity index (χ1n) is 6.91. The highest BCUT2D eigenvalue weighted by Crippen LogP contribution is 2.28. The van der Waals surface area contributed by atoms with Gasteiger partial charge in [-0.2, -0.15) is 0 Å². The number of rotatable bonds is 8. The molecule has 1 aliphatic carbocycles. The summed E-state index contributed by atoms with van der Waals surface area (Å²) in [7, 11) is 2.00. The smallest absolute Gasteiger partial charge is 0.0239 e. The summed E-state index contributed by atoms with van der Waals surface area (Å²) in [5, 5.41) is 3.18. The van der Waals surface area contributed by atoms with Crippen LogP contribution < -0.4 is 5.32 Å². The van der Waals surface area contributed by atoms with Gasteiger partial charge in [0.25, 0.3) is 0 Å². The molecule has 1 fully saturated rings. The van der Waals surface area contributed by atoms with E-state index in [1.807, 2.05) is 13.1 Å². The average molecular weight is 244 g/mol. The number of hydrogen-bond donors (Lipinski definition) is 1. The molecule has 98 valence electrons. The summed E-state index contributed by atoms with van der Waals surface area (Å²) < 4.78 is 0. The lowest BCUT2D eigenvalue weighted by Crippen LogP contribution is -2.25. The van der Waals surface area contributed by atoms with Crippen LogP contribution in [0.1, 0.15) is 24.0 Å². The van der Waals surface area contributed by atoms with Crippen molar-refractivity contribution < 1.29 is 0 Å². The molecule has 0 aromatic heterocycles. The SMILES string of the molecule is C=CCN(Cc1ccc(CCNC)cc1)C1CC1. The van der Waals surface area contributed by atoms with E-state index in [1.54, 1.807) is 0 Å². The molecular formula is C16H24N2. The Morgan fingerprint density at radius 2 is 1.94 bits per heavy atom. The quantitative estimate of drug-likeness (QED) is 0.707. The second kappa shape index (κ2) is 6.72. The molecule has 0 heterocycles. The van der Waals surface area contributed by atoms with Gasteiger partial charge < -0.3 is 5.32 Å². The highest BCUT2D eigenvalue weighted by atomic mass is 15.2. The first-order valence-corrected chi connectivity index (χ1v) is 6.91. The normalized spacial score (nSPS) is 15.0. The van der Waals surface area contributed by atoms with Gasteiger partial charge >= 0.3 is 0 Å². The summed E-state index contributed by atoms with van der Waals surface area (Å²) in [5.74, 6) is 0. The molecule has 0 unspecified atom stereocenters. The molecule has 1 aliphatic rings. The van der Waals surface area contributed by atoms with Gasteiger partial charge in [-0.1, -0.05) is 30.3 Å². The minimum absolute atomic E-state index is 0.798. The van der Waals surface area contributed by atoms with E-state index in [0.29, 0.717) is 0 Å². The Labute approximate surface area is 111 Å². The largest absolute Gasteiger partial charge is 0.319 e. The second-order valence-corrected chi connectivity index (χ2v) is 5.12. The van der Waals surface area contributed by atoms with Crippen molar-refractivity contribution >= 4 is 0 Å². The van der Waals surface area contributed by atoms with Crippen molar-refractivity contribution in [1.29, 1.82) is 0 Å². The van der Waals surface area contributed by atoms with Crippen molar-refractivity contribution in [3.05, 3.63) is 48.0 Å². The van der Waals surface area contributed by atoms with Crippen LogP contribution in [0.3, 0.4) is 0 Å². The minimum Gasteiger partial charge on any atom is -0.319 e. The predicted octanol–water partition coefficient (Wildman–Crippen LogP) is 2.60. The van der Waals surface area contributed by atoms with E-state index in [1.165, 1.54) is 24.0 Å². The molecular weight excluding hydrogens is 220 g/mol. The lowest BCUT2D eigenvalue weighted by Gasteiger charge is -2.20. The molecule has 1 aromatic carbocycles. The van der Waals surface area contributed by atoms with Gasteiger partial charge in [-0.15, -0.1) is 6.58 Å².